The number of carbonyl (C=O) groups excluding carboxylic acids is 1. The molecule has 0 bridgehead atoms. The first-order valence-corrected chi connectivity index (χ1v) is 12.0. The van der Waals surface area contributed by atoms with Gasteiger partial charge in [0.25, 0.3) is 5.91 Å². The minimum absolute atomic E-state index is 0.0766. The molecule has 4 aromatic rings. The minimum atomic E-state index is 0.0766. The lowest BCUT2D eigenvalue weighted by atomic mass is 9.97. The molecule has 2 aliphatic rings. The number of hydrogen-bond donors (Lipinski definition) is 1. The third-order valence-electron chi connectivity index (χ3n) is 6.65. The number of carbonyl (C=O) groups is 1. The van der Waals surface area contributed by atoms with Crippen LogP contribution in [-0.4, -0.2) is 79.8 Å². The van der Waals surface area contributed by atoms with E-state index in [1.54, 1.807) is 13.4 Å². The number of piperidine rings is 1. The summed E-state index contributed by atoms with van der Waals surface area (Å²) in [6, 6.07) is 3.77. The highest BCUT2D eigenvalue weighted by Crippen LogP contribution is 2.31. The maximum Gasteiger partial charge on any atom is 0.258 e. The number of thiophene rings is 1. The first-order chi connectivity index (χ1) is 16.2. The molecule has 1 amide bonds. The molecule has 6 rings (SSSR count). The molecule has 9 nitrogen and oxygen atoms in total. The van der Waals surface area contributed by atoms with Gasteiger partial charge >= 0.3 is 0 Å². The fourth-order valence-electron chi connectivity index (χ4n) is 4.75. The minimum Gasteiger partial charge on any atom is -0.495 e. The molecule has 10 heteroatoms. The van der Waals surface area contributed by atoms with E-state index in [-0.39, 0.29) is 5.91 Å². The zero-order valence-electron chi connectivity index (χ0n) is 18.3. The van der Waals surface area contributed by atoms with Crippen molar-refractivity contribution in [1.82, 2.24) is 34.5 Å². The van der Waals surface area contributed by atoms with Gasteiger partial charge in [0, 0.05) is 66.3 Å². The Hall–Kier alpha value is -3.24. The molecule has 0 aliphatic carbocycles. The molecule has 0 unspecified atom stereocenters. The molecule has 33 heavy (non-hydrogen) atoms. The van der Waals surface area contributed by atoms with E-state index in [0.29, 0.717) is 17.4 Å². The quantitative estimate of drug-likeness (QED) is 0.490. The van der Waals surface area contributed by atoms with Crippen LogP contribution in [0.1, 0.15) is 23.2 Å². The fraction of sp³-hybridized carbons (Fsp3) is 0.348. The van der Waals surface area contributed by atoms with Gasteiger partial charge < -0.3 is 14.6 Å². The highest BCUT2D eigenvalue weighted by atomic mass is 32.1. The van der Waals surface area contributed by atoms with Gasteiger partial charge in [-0.1, -0.05) is 0 Å². The molecule has 0 saturated carbocycles. The predicted octanol–water partition coefficient (Wildman–Crippen LogP) is 2.89. The van der Waals surface area contributed by atoms with Gasteiger partial charge in [-0.25, -0.2) is 9.97 Å². The fourth-order valence-corrected chi connectivity index (χ4v) is 5.52. The topological polar surface area (TPSA) is 92.2 Å². The van der Waals surface area contributed by atoms with Crippen molar-refractivity contribution in [3.63, 3.8) is 0 Å². The average Bonchev–Trinajstić information content (AvgIpc) is 3.58. The number of nitrogens with zero attached hydrogens (tertiary/aromatic N) is 6. The van der Waals surface area contributed by atoms with Crippen LogP contribution in [0.3, 0.4) is 0 Å². The summed E-state index contributed by atoms with van der Waals surface area (Å²) in [6.07, 6.45) is 9.35. The highest BCUT2D eigenvalue weighted by Gasteiger charge is 2.37. The van der Waals surface area contributed by atoms with Crippen molar-refractivity contribution < 1.29 is 9.53 Å². The smallest absolute Gasteiger partial charge is 0.258 e. The van der Waals surface area contributed by atoms with E-state index >= 15 is 0 Å². The first-order valence-electron chi connectivity index (χ1n) is 11.0. The Morgan fingerprint density at radius 1 is 1.21 bits per heavy atom. The van der Waals surface area contributed by atoms with Gasteiger partial charge in [-0.3, -0.25) is 14.4 Å². The first kappa shape index (κ1) is 20.4. The summed E-state index contributed by atoms with van der Waals surface area (Å²) in [6.45, 7) is 3.37. The van der Waals surface area contributed by atoms with E-state index in [1.807, 2.05) is 38.8 Å². The average molecular weight is 463 g/mol. The summed E-state index contributed by atoms with van der Waals surface area (Å²) in [7, 11) is 1.61. The van der Waals surface area contributed by atoms with Gasteiger partial charge in [-0.2, -0.15) is 5.10 Å². The van der Waals surface area contributed by atoms with E-state index < -0.39 is 0 Å². The van der Waals surface area contributed by atoms with E-state index in [1.165, 1.54) is 17.4 Å². The van der Waals surface area contributed by atoms with Gasteiger partial charge in [0.1, 0.15) is 23.8 Å². The molecule has 2 aliphatic heterocycles. The third kappa shape index (κ3) is 3.59. The number of likely N-dealkylation sites (tertiary alicyclic amines) is 2. The van der Waals surface area contributed by atoms with Gasteiger partial charge in [0.05, 0.1) is 24.6 Å². The van der Waals surface area contributed by atoms with Gasteiger partial charge in [-0.15, -0.1) is 11.3 Å². The number of aromatic nitrogens is 5. The molecule has 0 aromatic carbocycles. The third-order valence-corrected chi connectivity index (χ3v) is 7.37. The molecule has 0 atom stereocenters. The second kappa shape index (κ2) is 8.27. The molecule has 169 valence electrons. The Morgan fingerprint density at radius 2 is 2.06 bits per heavy atom. The monoisotopic (exact) mass is 462 g/mol. The van der Waals surface area contributed by atoms with E-state index in [0.717, 1.165) is 61.3 Å². The van der Waals surface area contributed by atoms with Crippen LogP contribution in [-0.2, 0) is 0 Å². The molecule has 2 fully saturated rings. The van der Waals surface area contributed by atoms with Crippen LogP contribution < -0.4 is 4.74 Å². The number of rotatable bonds is 5. The zero-order chi connectivity index (χ0) is 22.4. The Morgan fingerprint density at radius 3 is 2.88 bits per heavy atom. The van der Waals surface area contributed by atoms with E-state index in [2.05, 4.69) is 31.1 Å². The van der Waals surface area contributed by atoms with Crippen molar-refractivity contribution in [2.45, 2.75) is 18.9 Å². The van der Waals surface area contributed by atoms with Gasteiger partial charge in [0.15, 0.2) is 0 Å². The van der Waals surface area contributed by atoms with Crippen molar-refractivity contribution in [1.29, 1.82) is 0 Å². The summed E-state index contributed by atoms with van der Waals surface area (Å²) >= 11 is 1.50. The highest BCUT2D eigenvalue weighted by molar-refractivity contribution is 7.08. The number of ether oxygens (including phenoxy) is 1. The number of H-pyrrole nitrogens is 1. The van der Waals surface area contributed by atoms with E-state index in [4.69, 9.17) is 4.74 Å². The SMILES string of the molecule is COc1cscc1C(=O)N1CCC(N2C[C](n3cc(-c4ncnc5[nH]ccc45)cn3)C2)CC1. The second-order valence-electron chi connectivity index (χ2n) is 8.48. The largest absolute Gasteiger partial charge is 0.495 e. The lowest BCUT2D eigenvalue weighted by molar-refractivity contribution is 0.0513. The number of nitrogens with one attached hydrogen (secondary N) is 1. The van der Waals surface area contributed by atoms with Crippen molar-refractivity contribution in [3.8, 4) is 17.0 Å². The van der Waals surface area contributed by atoms with Crippen LogP contribution in [0.2, 0.25) is 0 Å². The second-order valence-corrected chi connectivity index (χ2v) is 9.23. The van der Waals surface area contributed by atoms with Crippen LogP contribution >= 0.6 is 11.3 Å². The number of fused-ring (bicyclic) bond motifs is 1. The van der Waals surface area contributed by atoms with Crippen LogP contribution in [0.5, 0.6) is 5.75 Å². The molecule has 0 spiro atoms. The zero-order valence-corrected chi connectivity index (χ0v) is 19.1. The summed E-state index contributed by atoms with van der Waals surface area (Å²) in [4.78, 5) is 29.1. The Labute approximate surface area is 195 Å². The molecule has 1 N–H and O–H groups in total. The summed E-state index contributed by atoms with van der Waals surface area (Å²) in [5, 5.41) is 9.34. The van der Waals surface area contributed by atoms with Crippen LogP contribution in [0.15, 0.2) is 41.7 Å². The van der Waals surface area contributed by atoms with Crippen LogP contribution in [0.25, 0.3) is 22.3 Å². The summed E-state index contributed by atoms with van der Waals surface area (Å²) in [5.41, 5.74) is 3.39. The molecule has 6 heterocycles. The molecule has 1 radical (unpaired) electrons. The number of hydrogen-bond acceptors (Lipinski definition) is 7. The van der Waals surface area contributed by atoms with Gasteiger partial charge in [-0.05, 0) is 18.9 Å². The lowest BCUT2D eigenvalue weighted by Gasteiger charge is -2.46. The molecular weight excluding hydrogens is 438 g/mol. The molecular formula is C23H24N7O2S. The van der Waals surface area contributed by atoms with Crippen molar-refractivity contribution in [3.05, 3.63) is 53.3 Å². The van der Waals surface area contributed by atoms with E-state index in [9.17, 15) is 4.79 Å². The number of aromatic amines is 1. The summed E-state index contributed by atoms with van der Waals surface area (Å²) in [5.74, 6) is 0.750. The molecule has 4 aromatic heterocycles. The Kier molecular flexibility index (Phi) is 5.11. The Balaban J connectivity index is 1.05. The van der Waals surface area contributed by atoms with Gasteiger partial charge in [0.2, 0.25) is 0 Å². The van der Waals surface area contributed by atoms with Crippen LogP contribution in [0, 0.1) is 6.04 Å². The Bertz CT molecular complexity index is 1280. The number of methoxy groups -OCH3 is 1. The van der Waals surface area contributed by atoms with Crippen molar-refractivity contribution >= 4 is 28.3 Å². The summed E-state index contributed by atoms with van der Waals surface area (Å²) < 4.78 is 7.30. The van der Waals surface area contributed by atoms with Crippen molar-refractivity contribution in [2.24, 2.45) is 0 Å². The standard InChI is InChI=1S/C23H24N7O2S/c1-32-20-13-33-12-19(20)23(31)28-6-3-16(4-7-28)29-10-17(11-29)30-9-15(8-27-30)21-18-2-5-24-22(18)26-14-25-21/h2,5,8-9,12-14,16H,3-4,6-7,10-11H2,1H3,(H,24,25,26). The maximum atomic E-state index is 12.8. The lowest BCUT2D eigenvalue weighted by Crippen LogP contribution is -2.56. The molecule has 2 saturated heterocycles. The maximum absolute atomic E-state index is 12.8. The van der Waals surface area contributed by atoms with Crippen molar-refractivity contribution in [2.75, 3.05) is 33.3 Å². The number of amides is 1. The predicted molar refractivity (Wildman–Crippen MR) is 125 cm³/mol. The normalized spacial score (nSPS) is 18.0. The van der Waals surface area contributed by atoms with Crippen LogP contribution in [0.4, 0.5) is 0 Å².